The summed E-state index contributed by atoms with van der Waals surface area (Å²) in [5.74, 6) is -0.101. The number of para-hydroxylation sites is 2. The van der Waals surface area contributed by atoms with Crippen molar-refractivity contribution in [3.8, 4) is 0 Å². The number of carbonyl (C=O) groups is 2. The van der Waals surface area contributed by atoms with Gasteiger partial charge in [-0.1, -0.05) is 12.1 Å². The number of rotatable bonds is 3. The van der Waals surface area contributed by atoms with Gasteiger partial charge in [0.15, 0.2) is 0 Å². The first-order chi connectivity index (χ1) is 11.1. The van der Waals surface area contributed by atoms with Crippen LogP contribution in [0.5, 0.6) is 0 Å². The molecular weight excluding hydrogens is 294 g/mol. The summed E-state index contributed by atoms with van der Waals surface area (Å²) >= 11 is 0. The van der Waals surface area contributed by atoms with Crippen molar-refractivity contribution in [2.75, 3.05) is 29.9 Å². The number of benzene rings is 1. The van der Waals surface area contributed by atoms with Gasteiger partial charge in [-0.25, -0.2) is 0 Å². The lowest BCUT2D eigenvalue weighted by molar-refractivity contribution is -0.120. The van der Waals surface area contributed by atoms with Gasteiger partial charge in [-0.3, -0.25) is 14.5 Å². The summed E-state index contributed by atoms with van der Waals surface area (Å²) in [5.41, 5.74) is 1.42. The second-order valence-corrected chi connectivity index (χ2v) is 6.33. The van der Waals surface area contributed by atoms with Crippen LogP contribution in [0.4, 0.5) is 11.4 Å². The van der Waals surface area contributed by atoms with Crippen LogP contribution in [0.15, 0.2) is 24.3 Å². The molecule has 2 amide bonds. The molecule has 3 rings (SSSR count). The number of hydrogen-bond acceptors (Lipinski definition) is 4. The lowest BCUT2D eigenvalue weighted by atomic mass is 10.1. The lowest BCUT2D eigenvalue weighted by Crippen LogP contribution is -2.46. The molecule has 0 saturated carbocycles. The third-order valence-electron chi connectivity index (χ3n) is 4.68. The molecule has 0 aromatic heterocycles. The molecule has 0 bridgehead atoms. The fraction of sp³-hybridized carbons (Fsp3) is 0.529. The molecule has 0 radical (unpaired) electrons. The molecule has 1 aromatic rings. The predicted molar refractivity (Wildman–Crippen MR) is 88.3 cm³/mol. The SMILES string of the molecule is C[C@H]1CC(=O)Nc2ccccc2N1C(=O)CN1CCC[C@@H]1CO. The highest BCUT2D eigenvalue weighted by atomic mass is 16.3. The van der Waals surface area contributed by atoms with Crippen LogP contribution in [0.3, 0.4) is 0 Å². The summed E-state index contributed by atoms with van der Waals surface area (Å²) in [7, 11) is 0. The van der Waals surface area contributed by atoms with E-state index in [4.69, 9.17) is 0 Å². The fourth-order valence-electron chi connectivity index (χ4n) is 3.53. The maximum absolute atomic E-state index is 12.9. The van der Waals surface area contributed by atoms with Crippen LogP contribution < -0.4 is 10.2 Å². The summed E-state index contributed by atoms with van der Waals surface area (Å²) in [5, 5.41) is 12.3. The van der Waals surface area contributed by atoms with E-state index in [-0.39, 0.29) is 43.5 Å². The minimum Gasteiger partial charge on any atom is -0.395 e. The fourth-order valence-corrected chi connectivity index (χ4v) is 3.53. The van der Waals surface area contributed by atoms with E-state index in [0.717, 1.165) is 25.1 Å². The Labute approximate surface area is 136 Å². The molecule has 2 N–H and O–H groups in total. The molecule has 0 unspecified atom stereocenters. The summed E-state index contributed by atoms with van der Waals surface area (Å²) < 4.78 is 0. The summed E-state index contributed by atoms with van der Waals surface area (Å²) in [6.07, 6.45) is 2.21. The molecule has 23 heavy (non-hydrogen) atoms. The van der Waals surface area contributed by atoms with Crippen molar-refractivity contribution < 1.29 is 14.7 Å². The summed E-state index contributed by atoms with van der Waals surface area (Å²) in [4.78, 5) is 28.6. The molecule has 124 valence electrons. The van der Waals surface area contributed by atoms with Crippen LogP contribution in [0, 0.1) is 0 Å². The standard InChI is InChI=1S/C17H23N3O3/c1-12-9-16(22)18-14-6-2-3-7-15(14)20(12)17(23)10-19-8-4-5-13(19)11-21/h2-3,6-7,12-13,21H,4-5,8-11H2,1H3,(H,18,22)/t12-,13+/m0/s1. The van der Waals surface area contributed by atoms with Crippen LogP contribution >= 0.6 is 0 Å². The number of anilines is 2. The van der Waals surface area contributed by atoms with Gasteiger partial charge in [-0.05, 0) is 38.4 Å². The minimum atomic E-state index is -0.193. The van der Waals surface area contributed by atoms with Crippen molar-refractivity contribution in [1.29, 1.82) is 0 Å². The maximum Gasteiger partial charge on any atom is 0.241 e. The van der Waals surface area contributed by atoms with Crippen molar-refractivity contribution in [2.45, 2.75) is 38.3 Å². The molecule has 0 aliphatic carbocycles. The zero-order valence-electron chi connectivity index (χ0n) is 13.4. The van der Waals surface area contributed by atoms with Gasteiger partial charge in [-0.15, -0.1) is 0 Å². The first-order valence-electron chi connectivity index (χ1n) is 8.16. The number of nitrogens with one attached hydrogen (secondary N) is 1. The third-order valence-corrected chi connectivity index (χ3v) is 4.68. The minimum absolute atomic E-state index is 0.0261. The molecule has 6 heteroatoms. The molecule has 0 spiro atoms. The average Bonchev–Trinajstić information content (AvgIpc) is 2.90. The van der Waals surface area contributed by atoms with Crippen LogP contribution in [-0.2, 0) is 9.59 Å². The highest BCUT2D eigenvalue weighted by Gasteiger charge is 2.32. The quantitative estimate of drug-likeness (QED) is 0.879. The van der Waals surface area contributed by atoms with Gasteiger partial charge in [0.05, 0.1) is 24.5 Å². The molecule has 2 aliphatic rings. The number of aliphatic hydroxyl groups is 1. The first-order valence-corrected chi connectivity index (χ1v) is 8.16. The molecular formula is C17H23N3O3. The smallest absolute Gasteiger partial charge is 0.241 e. The monoisotopic (exact) mass is 317 g/mol. The number of hydrogen-bond donors (Lipinski definition) is 2. The van der Waals surface area contributed by atoms with E-state index in [9.17, 15) is 14.7 Å². The topological polar surface area (TPSA) is 72.9 Å². The summed E-state index contributed by atoms with van der Waals surface area (Å²) in [6, 6.07) is 7.27. The van der Waals surface area contributed by atoms with Gasteiger partial charge in [0.25, 0.3) is 0 Å². The Morgan fingerprint density at radius 2 is 2.17 bits per heavy atom. The Morgan fingerprint density at radius 1 is 1.39 bits per heavy atom. The first kappa shape index (κ1) is 16.0. The predicted octanol–water partition coefficient (Wildman–Crippen LogP) is 1.21. The Morgan fingerprint density at radius 3 is 2.96 bits per heavy atom. The lowest BCUT2D eigenvalue weighted by Gasteiger charge is -2.31. The van der Waals surface area contributed by atoms with E-state index >= 15 is 0 Å². The van der Waals surface area contributed by atoms with Crippen LogP contribution in [-0.4, -0.2) is 53.6 Å². The van der Waals surface area contributed by atoms with E-state index in [0.29, 0.717) is 5.69 Å². The average molecular weight is 317 g/mol. The Kier molecular flexibility index (Phi) is 4.63. The summed E-state index contributed by atoms with van der Waals surface area (Å²) in [6.45, 7) is 3.09. The molecule has 1 fully saturated rings. The molecule has 1 saturated heterocycles. The second kappa shape index (κ2) is 6.68. The Balaban J connectivity index is 1.84. The van der Waals surface area contributed by atoms with Gasteiger partial charge in [-0.2, -0.15) is 0 Å². The molecule has 2 heterocycles. The number of nitrogens with zero attached hydrogens (tertiary/aromatic N) is 2. The van der Waals surface area contributed by atoms with Crippen molar-refractivity contribution in [3.05, 3.63) is 24.3 Å². The Hall–Kier alpha value is -1.92. The van der Waals surface area contributed by atoms with Gasteiger partial charge < -0.3 is 15.3 Å². The van der Waals surface area contributed by atoms with Crippen molar-refractivity contribution in [1.82, 2.24) is 4.90 Å². The maximum atomic E-state index is 12.9. The third kappa shape index (κ3) is 3.23. The van der Waals surface area contributed by atoms with E-state index in [1.807, 2.05) is 36.1 Å². The van der Waals surface area contributed by atoms with Crippen LogP contribution in [0.2, 0.25) is 0 Å². The number of amides is 2. The van der Waals surface area contributed by atoms with Crippen LogP contribution in [0.25, 0.3) is 0 Å². The zero-order chi connectivity index (χ0) is 16.4. The molecule has 2 aliphatic heterocycles. The zero-order valence-corrected chi connectivity index (χ0v) is 13.4. The van der Waals surface area contributed by atoms with E-state index < -0.39 is 0 Å². The highest BCUT2D eigenvalue weighted by Crippen LogP contribution is 2.31. The number of carbonyl (C=O) groups excluding carboxylic acids is 2. The largest absolute Gasteiger partial charge is 0.395 e. The normalized spacial score (nSPS) is 25.0. The van der Waals surface area contributed by atoms with Crippen molar-refractivity contribution in [3.63, 3.8) is 0 Å². The number of likely N-dealkylation sites (tertiary alicyclic amines) is 1. The van der Waals surface area contributed by atoms with E-state index in [1.165, 1.54) is 0 Å². The number of aliphatic hydroxyl groups excluding tert-OH is 1. The second-order valence-electron chi connectivity index (χ2n) is 6.33. The van der Waals surface area contributed by atoms with Gasteiger partial charge >= 0.3 is 0 Å². The van der Waals surface area contributed by atoms with Gasteiger partial charge in [0.2, 0.25) is 11.8 Å². The van der Waals surface area contributed by atoms with E-state index in [1.54, 1.807) is 4.90 Å². The molecule has 1 aromatic carbocycles. The van der Waals surface area contributed by atoms with Crippen LogP contribution in [0.1, 0.15) is 26.2 Å². The van der Waals surface area contributed by atoms with Gasteiger partial charge in [0.1, 0.15) is 0 Å². The highest BCUT2D eigenvalue weighted by molar-refractivity contribution is 6.04. The van der Waals surface area contributed by atoms with E-state index in [2.05, 4.69) is 5.32 Å². The number of fused-ring (bicyclic) bond motifs is 1. The van der Waals surface area contributed by atoms with Crippen molar-refractivity contribution in [2.24, 2.45) is 0 Å². The molecule has 2 atom stereocenters. The molecule has 6 nitrogen and oxygen atoms in total. The van der Waals surface area contributed by atoms with Crippen molar-refractivity contribution >= 4 is 23.2 Å². The van der Waals surface area contributed by atoms with Gasteiger partial charge in [0, 0.05) is 18.5 Å². The Bertz CT molecular complexity index is 605.